The van der Waals surface area contributed by atoms with Gasteiger partial charge in [0.25, 0.3) is 0 Å². The largest absolute Gasteiger partial charge is 0.378 e. The van der Waals surface area contributed by atoms with Crippen molar-refractivity contribution in [1.29, 1.82) is 0 Å². The van der Waals surface area contributed by atoms with Gasteiger partial charge in [-0.1, -0.05) is 0 Å². The van der Waals surface area contributed by atoms with Crippen molar-refractivity contribution in [2.75, 3.05) is 32.8 Å². The Balaban J connectivity index is 2.11. The summed E-state index contributed by atoms with van der Waals surface area (Å²) in [6.07, 6.45) is 0.154. The summed E-state index contributed by atoms with van der Waals surface area (Å²) in [5.74, 6) is -0.0456. The van der Waals surface area contributed by atoms with Gasteiger partial charge in [0.15, 0.2) is 0 Å². The molecule has 2 rings (SSSR count). The molecule has 1 amide bonds. The molecule has 0 spiro atoms. The second-order valence-corrected chi connectivity index (χ2v) is 8.30. The fourth-order valence-corrected chi connectivity index (χ4v) is 4.83. The third kappa shape index (κ3) is 4.22. The maximum absolute atomic E-state index is 12.8. The Hall–Kier alpha value is -1.44. The normalized spacial score (nSPS) is 15.5. The number of ether oxygens (including phenoxy) is 1. The summed E-state index contributed by atoms with van der Waals surface area (Å²) in [5, 5.41) is 0. The molecule has 25 heavy (non-hydrogen) atoms. The number of nitrogens with one attached hydrogen (secondary N) is 1. The van der Waals surface area contributed by atoms with Gasteiger partial charge in [-0.3, -0.25) is 4.79 Å². The molecular formula is C18H28N2O4S. The van der Waals surface area contributed by atoms with Crippen LogP contribution in [-0.2, 0) is 19.6 Å². The minimum Gasteiger partial charge on any atom is -0.378 e. The Morgan fingerprint density at radius 3 is 1.96 bits per heavy atom. The van der Waals surface area contributed by atoms with Crippen LogP contribution in [0.2, 0.25) is 0 Å². The zero-order chi connectivity index (χ0) is 18.8. The minimum absolute atomic E-state index is 0.0456. The zero-order valence-electron chi connectivity index (χ0n) is 15.7. The lowest BCUT2D eigenvalue weighted by Gasteiger charge is -2.27. The number of nitrogens with zero attached hydrogens (tertiary/aromatic N) is 1. The number of benzene rings is 1. The highest BCUT2D eigenvalue weighted by atomic mass is 32.2. The number of carbonyl (C=O) groups is 1. The van der Waals surface area contributed by atoms with E-state index in [1.54, 1.807) is 4.90 Å². The fraction of sp³-hybridized carbons (Fsp3) is 0.611. The van der Waals surface area contributed by atoms with Gasteiger partial charge in [0, 0.05) is 26.1 Å². The third-order valence-corrected chi connectivity index (χ3v) is 6.93. The molecule has 0 atom stereocenters. The summed E-state index contributed by atoms with van der Waals surface area (Å²) < 4.78 is 33.4. The summed E-state index contributed by atoms with van der Waals surface area (Å²) >= 11 is 0. The van der Waals surface area contributed by atoms with Crippen LogP contribution in [0.15, 0.2) is 4.90 Å². The molecule has 1 N–H and O–H groups in total. The lowest BCUT2D eigenvalue weighted by atomic mass is 9.95. The number of morpholine rings is 1. The van der Waals surface area contributed by atoms with Gasteiger partial charge >= 0.3 is 0 Å². The van der Waals surface area contributed by atoms with Gasteiger partial charge in [-0.2, -0.15) is 0 Å². The molecule has 0 radical (unpaired) electrons. The van der Waals surface area contributed by atoms with E-state index in [-0.39, 0.29) is 18.9 Å². The highest BCUT2D eigenvalue weighted by Crippen LogP contribution is 2.29. The van der Waals surface area contributed by atoms with Crippen LogP contribution in [0.5, 0.6) is 0 Å². The Bertz CT molecular complexity index is 737. The molecule has 1 aliphatic heterocycles. The Morgan fingerprint density at radius 1 is 0.960 bits per heavy atom. The van der Waals surface area contributed by atoms with E-state index in [1.807, 2.05) is 34.6 Å². The van der Waals surface area contributed by atoms with Gasteiger partial charge in [0.2, 0.25) is 15.9 Å². The number of hydrogen-bond acceptors (Lipinski definition) is 4. The van der Waals surface area contributed by atoms with E-state index in [1.165, 1.54) is 0 Å². The van der Waals surface area contributed by atoms with Crippen LogP contribution in [0.1, 0.15) is 34.2 Å². The number of amides is 1. The van der Waals surface area contributed by atoms with Crippen molar-refractivity contribution < 1.29 is 17.9 Å². The monoisotopic (exact) mass is 368 g/mol. The van der Waals surface area contributed by atoms with Crippen LogP contribution in [0.25, 0.3) is 0 Å². The molecular weight excluding hydrogens is 340 g/mol. The van der Waals surface area contributed by atoms with Crippen LogP contribution >= 0.6 is 0 Å². The molecule has 1 aromatic carbocycles. The van der Waals surface area contributed by atoms with Gasteiger partial charge in [0.05, 0.1) is 18.1 Å². The summed E-state index contributed by atoms with van der Waals surface area (Å²) in [6, 6.07) is 0. The van der Waals surface area contributed by atoms with Gasteiger partial charge in [-0.15, -0.1) is 0 Å². The van der Waals surface area contributed by atoms with Gasteiger partial charge < -0.3 is 9.64 Å². The van der Waals surface area contributed by atoms with Crippen molar-refractivity contribution >= 4 is 15.9 Å². The lowest BCUT2D eigenvalue weighted by Crippen LogP contribution is -2.42. The molecule has 0 aliphatic carbocycles. The quantitative estimate of drug-likeness (QED) is 0.859. The Labute approximate surface area is 150 Å². The molecule has 6 nitrogen and oxygen atoms in total. The van der Waals surface area contributed by atoms with Gasteiger partial charge in [-0.05, 0) is 62.4 Å². The fourth-order valence-electron chi connectivity index (χ4n) is 3.20. The highest BCUT2D eigenvalue weighted by molar-refractivity contribution is 7.89. The summed E-state index contributed by atoms with van der Waals surface area (Å²) in [7, 11) is -3.66. The maximum Gasteiger partial charge on any atom is 0.241 e. The summed E-state index contributed by atoms with van der Waals surface area (Å²) in [4.78, 5) is 14.2. The number of hydrogen-bond donors (Lipinski definition) is 1. The van der Waals surface area contributed by atoms with Crippen molar-refractivity contribution in [3.63, 3.8) is 0 Å². The van der Waals surface area contributed by atoms with Crippen molar-refractivity contribution in [3.05, 3.63) is 27.8 Å². The predicted molar refractivity (Wildman–Crippen MR) is 97.3 cm³/mol. The maximum atomic E-state index is 12.8. The van der Waals surface area contributed by atoms with E-state index in [2.05, 4.69) is 4.72 Å². The van der Waals surface area contributed by atoms with Crippen LogP contribution < -0.4 is 4.72 Å². The van der Waals surface area contributed by atoms with Gasteiger partial charge in [0.1, 0.15) is 0 Å². The zero-order valence-corrected chi connectivity index (χ0v) is 16.5. The van der Waals surface area contributed by atoms with E-state index in [0.717, 1.165) is 27.8 Å². The van der Waals surface area contributed by atoms with Crippen molar-refractivity contribution in [2.24, 2.45) is 0 Å². The van der Waals surface area contributed by atoms with Crippen molar-refractivity contribution in [1.82, 2.24) is 9.62 Å². The molecule has 1 heterocycles. The number of rotatable bonds is 5. The number of carbonyl (C=O) groups excluding carboxylic acids is 1. The first-order chi connectivity index (χ1) is 11.7. The Kier molecular flexibility index (Phi) is 6.24. The third-order valence-electron chi connectivity index (χ3n) is 5.19. The molecule has 0 saturated carbocycles. The molecule has 0 bridgehead atoms. The molecule has 1 aliphatic rings. The molecule has 1 aromatic rings. The van der Waals surface area contributed by atoms with E-state index < -0.39 is 10.0 Å². The van der Waals surface area contributed by atoms with Crippen LogP contribution in [0.3, 0.4) is 0 Å². The first kappa shape index (κ1) is 19.9. The standard InChI is InChI=1S/C18H28N2O4S/c1-12-13(2)15(4)18(16(5)14(12)3)25(22,23)19-7-6-17(21)20-8-10-24-11-9-20/h19H,6-11H2,1-5H3. The highest BCUT2D eigenvalue weighted by Gasteiger charge is 2.24. The average molecular weight is 368 g/mol. The van der Waals surface area contributed by atoms with E-state index in [0.29, 0.717) is 31.2 Å². The first-order valence-electron chi connectivity index (χ1n) is 8.59. The van der Waals surface area contributed by atoms with Crippen LogP contribution in [-0.4, -0.2) is 52.1 Å². The lowest BCUT2D eigenvalue weighted by molar-refractivity contribution is -0.135. The molecule has 1 fully saturated rings. The molecule has 140 valence electrons. The average Bonchev–Trinajstić information content (AvgIpc) is 2.58. The minimum atomic E-state index is -3.66. The van der Waals surface area contributed by atoms with Crippen molar-refractivity contribution in [2.45, 2.75) is 45.9 Å². The van der Waals surface area contributed by atoms with E-state index >= 15 is 0 Å². The second kappa shape index (κ2) is 7.85. The topological polar surface area (TPSA) is 75.7 Å². The molecule has 0 aromatic heterocycles. The van der Waals surface area contributed by atoms with Crippen LogP contribution in [0.4, 0.5) is 0 Å². The van der Waals surface area contributed by atoms with E-state index in [9.17, 15) is 13.2 Å². The van der Waals surface area contributed by atoms with Gasteiger partial charge in [-0.25, -0.2) is 13.1 Å². The van der Waals surface area contributed by atoms with E-state index in [4.69, 9.17) is 4.74 Å². The second-order valence-electron chi connectivity index (χ2n) is 6.60. The molecule has 0 unspecified atom stereocenters. The summed E-state index contributed by atoms with van der Waals surface area (Å²) in [5.41, 5.74) is 4.65. The molecule has 7 heteroatoms. The first-order valence-corrected chi connectivity index (χ1v) is 10.1. The van der Waals surface area contributed by atoms with Crippen molar-refractivity contribution in [3.8, 4) is 0 Å². The van der Waals surface area contributed by atoms with Crippen LogP contribution in [0, 0.1) is 34.6 Å². The smallest absolute Gasteiger partial charge is 0.241 e. The summed E-state index contributed by atoms with van der Waals surface area (Å²) in [6.45, 7) is 11.9. The Morgan fingerprint density at radius 2 is 1.44 bits per heavy atom. The number of sulfonamides is 1. The molecule has 1 saturated heterocycles. The predicted octanol–water partition coefficient (Wildman–Crippen LogP) is 1.76. The SMILES string of the molecule is Cc1c(C)c(C)c(S(=O)(=O)NCCC(=O)N2CCOCC2)c(C)c1C.